The SMILES string of the molecule is CN=C(NCC1CCN(c2ccccc2)C1)N1CC=C(c2ccccc2)CC1.I. The molecule has 0 spiro atoms. The second-order valence-corrected chi connectivity index (χ2v) is 7.66. The van der Waals surface area contributed by atoms with E-state index in [9.17, 15) is 0 Å². The zero-order valence-electron chi connectivity index (χ0n) is 17.1. The maximum atomic E-state index is 4.54. The largest absolute Gasteiger partial charge is 0.371 e. The fraction of sp³-hybridized carbons (Fsp3) is 0.375. The zero-order chi connectivity index (χ0) is 19.2. The van der Waals surface area contributed by atoms with Crippen LogP contribution >= 0.6 is 24.0 Å². The first kappa shape index (κ1) is 21.7. The maximum Gasteiger partial charge on any atom is 0.193 e. The number of benzene rings is 2. The van der Waals surface area contributed by atoms with Crippen LogP contribution in [0, 0.1) is 5.92 Å². The number of hydrogen-bond donors (Lipinski definition) is 1. The predicted octanol–water partition coefficient (Wildman–Crippen LogP) is 4.50. The standard InChI is InChI=1S/C24H30N4.HI/c1-25-24(27-16-13-22(14-17-27)21-8-4-2-5-9-21)26-18-20-12-15-28(19-20)23-10-6-3-7-11-23;/h2-11,13,20H,12,14-19H2,1H3,(H,25,26);1H. The van der Waals surface area contributed by atoms with E-state index in [2.05, 4.69) is 86.8 Å². The molecule has 0 aromatic heterocycles. The van der Waals surface area contributed by atoms with Gasteiger partial charge >= 0.3 is 0 Å². The lowest BCUT2D eigenvalue weighted by atomic mass is 10.00. The Hall–Kier alpha value is -2.02. The molecule has 29 heavy (non-hydrogen) atoms. The summed E-state index contributed by atoms with van der Waals surface area (Å²) < 4.78 is 0. The Kier molecular flexibility index (Phi) is 7.98. The molecule has 154 valence electrons. The summed E-state index contributed by atoms with van der Waals surface area (Å²) in [6.07, 6.45) is 4.64. The molecule has 2 aromatic rings. The van der Waals surface area contributed by atoms with Crippen molar-refractivity contribution in [2.45, 2.75) is 12.8 Å². The lowest BCUT2D eigenvalue weighted by Crippen LogP contribution is -2.45. The van der Waals surface area contributed by atoms with Gasteiger partial charge in [-0.05, 0) is 42.0 Å². The normalized spacial score (nSPS) is 19.6. The van der Waals surface area contributed by atoms with Crippen LogP contribution < -0.4 is 10.2 Å². The summed E-state index contributed by atoms with van der Waals surface area (Å²) in [6.45, 7) is 5.18. The minimum Gasteiger partial charge on any atom is -0.371 e. The van der Waals surface area contributed by atoms with Gasteiger partial charge in [0.1, 0.15) is 0 Å². The summed E-state index contributed by atoms with van der Waals surface area (Å²) in [5, 5.41) is 3.63. The first-order valence-electron chi connectivity index (χ1n) is 10.3. The first-order valence-corrected chi connectivity index (χ1v) is 10.3. The van der Waals surface area contributed by atoms with E-state index in [4.69, 9.17) is 0 Å². The Morgan fingerprint density at radius 1 is 1.03 bits per heavy atom. The van der Waals surface area contributed by atoms with Crippen LogP contribution in [-0.2, 0) is 0 Å². The molecule has 0 bridgehead atoms. The summed E-state index contributed by atoms with van der Waals surface area (Å²) in [5.41, 5.74) is 4.13. The molecular formula is C24H31IN4. The average Bonchev–Trinajstić information content (AvgIpc) is 3.25. The fourth-order valence-electron chi connectivity index (χ4n) is 4.22. The zero-order valence-corrected chi connectivity index (χ0v) is 19.5. The van der Waals surface area contributed by atoms with Gasteiger partial charge in [-0.25, -0.2) is 0 Å². The maximum absolute atomic E-state index is 4.54. The van der Waals surface area contributed by atoms with Gasteiger partial charge in [-0.2, -0.15) is 0 Å². The second kappa shape index (κ2) is 10.7. The predicted molar refractivity (Wildman–Crippen MR) is 134 cm³/mol. The fourth-order valence-corrected chi connectivity index (χ4v) is 4.22. The van der Waals surface area contributed by atoms with Gasteiger partial charge in [0.2, 0.25) is 0 Å². The molecule has 0 radical (unpaired) electrons. The van der Waals surface area contributed by atoms with E-state index in [1.54, 1.807) is 0 Å². The third-order valence-corrected chi connectivity index (χ3v) is 5.82. The number of anilines is 1. The topological polar surface area (TPSA) is 30.9 Å². The number of nitrogens with zero attached hydrogens (tertiary/aromatic N) is 3. The van der Waals surface area contributed by atoms with E-state index in [0.717, 1.165) is 45.1 Å². The van der Waals surface area contributed by atoms with E-state index >= 15 is 0 Å². The van der Waals surface area contributed by atoms with Gasteiger partial charge in [0.25, 0.3) is 0 Å². The lowest BCUT2D eigenvalue weighted by molar-refractivity contribution is 0.431. The average molecular weight is 502 g/mol. The van der Waals surface area contributed by atoms with Crippen molar-refractivity contribution in [2.75, 3.05) is 44.7 Å². The molecule has 4 rings (SSSR count). The highest BCUT2D eigenvalue weighted by Crippen LogP contribution is 2.24. The Bertz CT molecular complexity index is 819. The van der Waals surface area contributed by atoms with Crippen LogP contribution in [0.15, 0.2) is 71.7 Å². The molecule has 1 N–H and O–H groups in total. The number of hydrogen-bond acceptors (Lipinski definition) is 2. The molecule has 0 saturated carbocycles. The highest BCUT2D eigenvalue weighted by Gasteiger charge is 2.24. The van der Waals surface area contributed by atoms with Gasteiger partial charge in [-0.1, -0.05) is 54.6 Å². The summed E-state index contributed by atoms with van der Waals surface area (Å²) in [7, 11) is 1.89. The van der Waals surface area contributed by atoms with E-state index in [-0.39, 0.29) is 24.0 Å². The van der Waals surface area contributed by atoms with Gasteiger partial charge in [0, 0.05) is 45.5 Å². The highest BCUT2D eigenvalue weighted by molar-refractivity contribution is 14.0. The van der Waals surface area contributed by atoms with Crippen LogP contribution in [0.25, 0.3) is 5.57 Å². The molecule has 2 aromatic carbocycles. The number of rotatable bonds is 4. The summed E-state index contributed by atoms with van der Waals surface area (Å²) in [5.74, 6) is 1.69. The molecule has 1 atom stereocenters. The van der Waals surface area contributed by atoms with Crippen LogP contribution in [0.4, 0.5) is 5.69 Å². The lowest BCUT2D eigenvalue weighted by Gasteiger charge is -2.30. The van der Waals surface area contributed by atoms with Crippen molar-refractivity contribution in [3.63, 3.8) is 0 Å². The number of aliphatic imine (C=N–C) groups is 1. The number of nitrogens with one attached hydrogen (secondary N) is 1. The van der Waals surface area contributed by atoms with Crippen LogP contribution in [0.2, 0.25) is 0 Å². The second-order valence-electron chi connectivity index (χ2n) is 7.66. The number of para-hydroxylation sites is 1. The van der Waals surface area contributed by atoms with Gasteiger partial charge in [0.05, 0.1) is 0 Å². The van der Waals surface area contributed by atoms with Crippen molar-refractivity contribution >= 4 is 41.2 Å². The van der Waals surface area contributed by atoms with Crippen molar-refractivity contribution < 1.29 is 0 Å². The third-order valence-electron chi connectivity index (χ3n) is 5.82. The molecule has 2 heterocycles. The molecule has 0 amide bonds. The Balaban J connectivity index is 0.00000240. The van der Waals surface area contributed by atoms with Crippen LogP contribution in [0.1, 0.15) is 18.4 Å². The molecule has 5 heteroatoms. The van der Waals surface area contributed by atoms with Crippen LogP contribution in [0.5, 0.6) is 0 Å². The van der Waals surface area contributed by atoms with Crippen LogP contribution in [-0.4, -0.2) is 50.6 Å². The van der Waals surface area contributed by atoms with Gasteiger partial charge in [-0.15, -0.1) is 24.0 Å². The minimum absolute atomic E-state index is 0. The quantitative estimate of drug-likeness (QED) is 0.380. The Morgan fingerprint density at radius 3 is 2.41 bits per heavy atom. The molecule has 2 aliphatic rings. The number of halogens is 1. The highest BCUT2D eigenvalue weighted by atomic mass is 127. The van der Waals surface area contributed by atoms with Crippen molar-refractivity contribution in [3.05, 3.63) is 72.3 Å². The molecule has 1 saturated heterocycles. The number of guanidine groups is 1. The molecule has 0 aliphatic carbocycles. The summed E-state index contributed by atoms with van der Waals surface area (Å²) in [4.78, 5) is 9.38. The summed E-state index contributed by atoms with van der Waals surface area (Å²) in [6, 6.07) is 21.4. The summed E-state index contributed by atoms with van der Waals surface area (Å²) >= 11 is 0. The van der Waals surface area contributed by atoms with Crippen molar-refractivity contribution in [1.82, 2.24) is 10.2 Å². The molecule has 1 unspecified atom stereocenters. The molecule has 4 nitrogen and oxygen atoms in total. The van der Waals surface area contributed by atoms with E-state index < -0.39 is 0 Å². The van der Waals surface area contributed by atoms with Crippen molar-refractivity contribution in [2.24, 2.45) is 10.9 Å². The van der Waals surface area contributed by atoms with E-state index in [1.165, 1.54) is 23.2 Å². The van der Waals surface area contributed by atoms with Gasteiger partial charge < -0.3 is 15.1 Å². The van der Waals surface area contributed by atoms with Gasteiger partial charge in [-0.3, -0.25) is 4.99 Å². The van der Waals surface area contributed by atoms with Crippen molar-refractivity contribution in [1.29, 1.82) is 0 Å². The monoisotopic (exact) mass is 502 g/mol. The Labute approximate surface area is 191 Å². The van der Waals surface area contributed by atoms with E-state index in [1.807, 2.05) is 7.05 Å². The molecule has 1 fully saturated rings. The first-order chi connectivity index (χ1) is 13.8. The molecular weight excluding hydrogens is 471 g/mol. The van der Waals surface area contributed by atoms with E-state index in [0.29, 0.717) is 5.92 Å². The van der Waals surface area contributed by atoms with Crippen LogP contribution in [0.3, 0.4) is 0 Å². The Morgan fingerprint density at radius 2 is 1.76 bits per heavy atom. The third kappa shape index (κ3) is 5.53. The smallest absolute Gasteiger partial charge is 0.193 e. The van der Waals surface area contributed by atoms with Crippen molar-refractivity contribution in [3.8, 4) is 0 Å². The molecule has 2 aliphatic heterocycles. The minimum atomic E-state index is 0. The van der Waals surface area contributed by atoms with Gasteiger partial charge in [0.15, 0.2) is 5.96 Å².